The fourth-order valence-electron chi connectivity index (χ4n) is 2.54. The first-order valence-electron chi connectivity index (χ1n) is 7.94. The molecule has 1 aromatic heterocycles. The summed E-state index contributed by atoms with van der Waals surface area (Å²) in [5.74, 6) is 1.55. The minimum absolute atomic E-state index is 0.388. The van der Waals surface area contributed by atoms with Crippen molar-refractivity contribution in [2.45, 2.75) is 6.54 Å². The van der Waals surface area contributed by atoms with Crippen molar-refractivity contribution in [2.24, 2.45) is 0 Å². The minimum atomic E-state index is -0.388. The summed E-state index contributed by atoms with van der Waals surface area (Å²) >= 11 is 0. The van der Waals surface area contributed by atoms with E-state index >= 15 is 0 Å². The molecule has 0 aliphatic carbocycles. The molecule has 0 radical (unpaired) electrons. The average molecular weight is 353 g/mol. The minimum Gasteiger partial charge on any atom is -0.497 e. The SMILES string of the molecule is COC(=O)c1ccc2nc(NCc3ccc(OC)cc3OC)ncc2c1. The summed E-state index contributed by atoms with van der Waals surface area (Å²) in [6.45, 7) is 0.499. The number of fused-ring (bicyclic) bond motifs is 1. The Balaban J connectivity index is 1.78. The molecule has 0 atom stereocenters. The van der Waals surface area contributed by atoms with Crippen LogP contribution >= 0.6 is 0 Å². The van der Waals surface area contributed by atoms with Gasteiger partial charge < -0.3 is 19.5 Å². The van der Waals surface area contributed by atoms with E-state index in [4.69, 9.17) is 14.2 Å². The Kier molecular flexibility index (Phi) is 5.17. The first-order chi connectivity index (χ1) is 12.6. The van der Waals surface area contributed by atoms with Gasteiger partial charge in [0, 0.05) is 29.8 Å². The molecule has 0 fully saturated rings. The van der Waals surface area contributed by atoms with Gasteiger partial charge in [0.1, 0.15) is 11.5 Å². The molecule has 3 aromatic rings. The van der Waals surface area contributed by atoms with Crippen LogP contribution in [-0.4, -0.2) is 37.3 Å². The van der Waals surface area contributed by atoms with Crippen LogP contribution in [0.15, 0.2) is 42.6 Å². The van der Waals surface area contributed by atoms with Crippen LogP contribution < -0.4 is 14.8 Å². The number of hydrogen-bond acceptors (Lipinski definition) is 7. The Morgan fingerprint density at radius 1 is 1.08 bits per heavy atom. The standard InChI is InChI=1S/C19H19N3O4/c1-24-15-6-4-13(17(9-15)25-2)10-20-19-21-11-14-8-12(18(23)26-3)5-7-16(14)22-19/h4-9,11H,10H2,1-3H3,(H,20,21,22). The van der Waals surface area contributed by atoms with Gasteiger partial charge >= 0.3 is 5.97 Å². The highest BCUT2D eigenvalue weighted by Gasteiger charge is 2.09. The fourth-order valence-corrected chi connectivity index (χ4v) is 2.54. The zero-order valence-electron chi connectivity index (χ0n) is 14.8. The normalized spacial score (nSPS) is 10.4. The Morgan fingerprint density at radius 3 is 2.65 bits per heavy atom. The highest BCUT2D eigenvalue weighted by atomic mass is 16.5. The van der Waals surface area contributed by atoms with Crippen LogP contribution in [0.25, 0.3) is 10.9 Å². The molecule has 2 aromatic carbocycles. The predicted molar refractivity (Wildman–Crippen MR) is 97.8 cm³/mol. The van der Waals surface area contributed by atoms with E-state index < -0.39 is 0 Å². The molecule has 1 N–H and O–H groups in total. The summed E-state index contributed by atoms with van der Waals surface area (Å²) in [6.07, 6.45) is 1.67. The highest BCUT2D eigenvalue weighted by Crippen LogP contribution is 2.25. The van der Waals surface area contributed by atoms with Crippen molar-refractivity contribution in [1.29, 1.82) is 0 Å². The third-order valence-corrected chi connectivity index (χ3v) is 3.93. The number of hydrogen-bond donors (Lipinski definition) is 1. The van der Waals surface area contributed by atoms with E-state index in [1.807, 2.05) is 18.2 Å². The van der Waals surface area contributed by atoms with Crippen LogP contribution in [0.5, 0.6) is 11.5 Å². The molecule has 0 aliphatic rings. The number of anilines is 1. The quantitative estimate of drug-likeness (QED) is 0.682. The van der Waals surface area contributed by atoms with Gasteiger partial charge in [-0.2, -0.15) is 0 Å². The lowest BCUT2D eigenvalue weighted by Crippen LogP contribution is -2.05. The second kappa shape index (κ2) is 7.69. The third kappa shape index (κ3) is 3.66. The second-order valence-corrected chi connectivity index (χ2v) is 5.49. The van der Waals surface area contributed by atoms with E-state index in [1.165, 1.54) is 7.11 Å². The van der Waals surface area contributed by atoms with Crippen molar-refractivity contribution >= 4 is 22.8 Å². The Labute approximate surface area is 150 Å². The monoisotopic (exact) mass is 353 g/mol. The van der Waals surface area contributed by atoms with Crippen molar-refractivity contribution in [3.05, 3.63) is 53.7 Å². The van der Waals surface area contributed by atoms with Crippen molar-refractivity contribution in [2.75, 3.05) is 26.6 Å². The van der Waals surface area contributed by atoms with Crippen molar-refractivity contribution in [3.63, 3.8) is 0 Å². The predicted octanol–water partition coefficient (Wildman–Crippen LogP) is 3.05. The van der Waals surface area contributed by atoms with Crippen LogP contribution in [0.1, 0.15) is 15.9 Å². The van der Waals surface area contributed by atoms with E-state index in [9.17, 15) is 4.79 Å². The first-order valence-corrected chi connectivity index (χ1v) is 7.94. The molecule has 134 valence electrons. The summed E-state index contributed by atoms with van der Waals surface area (Å²) in [5.41, 5.74) is 2.15. The number of esters is 1. The first kappa shape index (κ1) is 17.5. The average Bonchev–Trinajstić information content (AvgIpc) is 2.70. The summed E-state index contributed by atoms with van der Waals surface area (Å²) in [4.78, 5) is 20.4. The lowest BCUT2D eigenvalue weighted by molar-refractivity contribution is 0.0601. The Bertz CT molecular complexity index is 943. The van der Waals surface area contributed by atoms with Gasteiger partial charge in [-0.15, -0.1) is 0 Å². The molecule has 3 rings (SSSR count). The molecular formula is C19H19N3O4. The number of methoxy groups -OCH3 is 3. The van der Waals surface area contributed by atoms with Gasteiger partial charge in [0.15, 0.2) is 0 Å². The lowest BCUT2D eigenvalue weighted by atomic mass is 10.1. The largest absolute Gasteiger partial charge is 0.497 e. The number of nitrogens with zero attached hydrogens (tertiary/aromatic N) is 2. The van der Waals surface area contributed by atoms with Crippen LogP contribution in [0.2, 0.25) is 0 Å². The van der Waals surface area contributed by atoms with E-state index in [0.29, 0.717) is 18.1 Å². The summed E-state index contributed by atoms with van der Waals surface area (Å²) < 4.78 is 15.3. The zero-order chi connectivity index (χ0) is 18.5. The van der Waals surface area contributed by atoms with Crippen molar-refractivity contribution in [1.82, 2.24) is 9.97 Å². The Hall–Kier alpha value is -3.35. The van der Waals surface area contributed by atoms with Crippen molar-refractivity contribution < 1.29 is 19.0 Å². The number of ether oxygens (including phenoxy) is 3. The van der Waals surface area contributed by atoms with Crippen molar-refractivity contribution in [3.8, 4) is 11.5 Å². The summed E-state index contributed by atoms with van der Waals surface area (Å²) in [5, 5.41) is 3.94. The molecule has 0 spiro atoms. The topological polar surface area (TPSA) is 82.6 Å². The molecule has 7 heteroatoms. The van der Waals surface area contributed by atoms with Crippen LogP contribution in [-0.2, 0) is 11.3 Å². The lowest BCUT2D eigenvalue weighted by Gasteiger charge is -2.11. The van der Waals surface area contributed by atoms with Gasteiger partial charge in [-0.1, -0.05) is 0 Å². The molecule has 0 amide bonds. The molecule has 0 aliphatic heterocycles. The number of aromatic nitrogens is 2. The molecular weight excluding hydrogens is 334 g/mol. The summed E-state index contributed by atoms with van der Waals surface area (Å²) in [7, 11) is 4.58. The van der Waals surface area contributed by atoms with Gasteiger partial charge in [0.2, 0.25) is 5.95 Å². The third-order valence-electron chi connectivity index (χ3n) is 3.93. The Morgan fingerprint density at radius 2 is 1.92 bits per heavy atom. The van der Waals surface area contributed by atoms with Gasteiger partial charge in [-0.05, 0) is 30.3 Å². The van der Waals surface area contributed by atoms with Gasteiger partial charge in [0.05, 0.1) is 32.4 Å². The molecule has 7 nitrogen and oxygen atoms in total. The zero-order valence-corrected chi connectivity index (χ0v) is 14.8. The van der Waals surface area contributed by atoms with Gasteiger partial charge in [-0.25, -0.2) is 14.8 Å². The van der Waals surface area contributed by atoms with E-state index in [2.05, 4.69) is 15.3 Å². The molecule has 0 bridgehead atoms. The van der Waals surface area contributed by atoms with Gasteiger partial charge in [-0.3, -0.25) is 0 Å². The molecule has 0 saturated carbocycles. The summed E-state index contributed by atoms with van der Waals surface area (Å²) in [6, 6.07) is 10.8. The maximum Gasteiger partial charge on any atom is 0.337 e. The van der Waals surface area contributed by atoms with E-state index in [-0.39, 0.29) is 5.97 Å². The van der Waals surface area contributed by atoms with E-state index in [0.717, 1.165) is 28.0 Å². The number of carbonyl (C=O) groups is 1. The maximum absolute atomic E-state index is 11.6. The number of rotatable bonds is 6. The van der Waals surface area contributed by atoms with Crippen LogP contribution in [0.3, 0.4) is 0 Å². The number of nitrogens with one attached hydrogen (secondary N) is 1. The molecule has 26 heavy (non-hydrogen) atoms. The molecule has 0 unspecified atom stereocenters. The number of benzene rings is 2. The fraction of sp³-hybridized carbons (Fsp3) is 0.211. The molecule has 0 saturated heterocycles. The van der Waals surface area contributed by atoms with Crippen LogP contribution in [0.4, 0.5) is 5.95 Å². The highest BCUT2D eigenvalue weighted by molar-refractivity contribution is 5.94. The molecule has 1 heterocycles. The van der Waals surface area contributed by atoms with Gasteiger partial charge in [0.25, 0.3) is 0 Å². The smallest absolute Gasteiger partial charge is 0.337 e. The maximum atomic E-state index is 11.6. The second-order valence-electron chi connectivity index (χ2n) is 5.49. The van der Waals surface area contributed by atoms with Crippen LogP contribution in [0, 0.1) is 0 Å². The van der Waals surface area contributed by atoms with E-state index in [1.54, 1.807) is 38.6 Å². The number of carbonyl (C=O) groups excluding carboxylic acids is 1.